The van der Waals surface area contributed by atoms with E-state index in [0.717, 1.165) is 25.7 Å². The number of halogens is 1. The normalized spacial score (nSPS) is 28.1. The van der Waals surface area contributed by atoms with E-state index in [-0.39, 0.29) is 5.02 Å². The molecule has 0 saturated heterocycles. The van der Waals surface area contributed by atoms with Gasteiger partial charge in [-0.15, -0.1) is 0 Å². The van der Waals surface area contributed by atoms with Crippen LogP contribution in [0.1, 0.15) is 32.6 Å². The summed E-state index contributed by atoms with van der Waals surface area (Å²) in [6.45, 7) is 2.59. The average molecular weight is 272 g/mol. The van der Waals surface area contributed by atoms with Gasteiger partial charge in [0.2, 0.25) is 0 Å². The lowest BCUT2D eigenvalue weighted by molar-refractivity contribution is 0.00501. The molecule has 0 bridgehead atoms. The van der Waals surface area contributed by atoms with Crippen LogP contribution in [-0.2, 0) is 0 Å². The third-order valence-electron chi connectivity index (χ3n) is 3.61. The predicted octanol–water partition coefficient (Wildman–Crippen LogP) is 1.78. The summed E-state index contributed by atoms with van der Waals surface area (Å²) in [5.74, 6) is 0.676. The van der Waals surface area contributed by atoms with Crippen LogP contribution in [0.3, 0.4) is 0 Å². The van der Waals surface area contributed by atoms with Crippen LogP contribution in [-0.4, -0.2) is 27.4 Å². The molecule has 3 N–H and O–H groups in total. The van der Waals surface area contributed by atoms with E-state index in [0.29, 0.717) is 18.2 Å². The van der Waals surface area contributed by atoms with Gasteiger partial charge in [-0.3, -0.25) is 4.79 Å². The smallest absolute Gasteiger partial charge is 0.285 e. The minimum absolute atomic E-state index is 0.0813. The Kier molecular flexibility index (Phi) is 3.92. The number of anilines is 1. The summed E-state index contributed by atoms with van der Waals surface area (Å²) in [6, 6.07) is 0. The van der Waals surface area contributed by atoms with Crippen molar-refractivity contribution in [1.29, 1.82) is 0 Å². The van der Waals surface area contributed by atoms with E-state index in [9.17, 15) is 9.90 Å². The SMILES string of the molecule is CC1CCC(O)(CNc2cn[nH]c(=O)c2Cl)CC1. The van der Waals surface area contributed by atoms with Crippen LogP contribution in [0, 0.1) is 5.92 Å². The molecule has 1 aliphatic rings. The number of nitrogens with zero attached hydrogens (tertiary/aromatic N) is 1. The summed E-state index contributed by atoms with van der Waals surface area (Å²) in [5, 5.41) is 19.4. The Morgan fingerprint density at radius 1 is 1.61 bits per heavy atom. The maximum atomic E-state index is 11.3. The van der Waals surface area contributed by atoms with E-state index in [1.54, 1.807) is 0 Å². The van der Waals surface area contributed by atoms with E-state index in [2.05, 4.69) is 22.4 Å². The summed E-state index contributed by atoms with van der Waals surface area (Å²) in [5.41, 5.74) is -0.670. The number of rotatable bonds is 3. The highest BCUT2D eigenvalue weighted by atomic mass is 35.5. The fourth-order valence-electron chi connectivity index (χ4n) is 2.24. The van der Waals surface area contributed by atoms with Crippen molar-refractivity contribution in [3.63, 3.8) is 0 Å². The van der Waals surface area contributed by atoms with Gasteiger partial charge in [-0.2, -0.15) is 5.10 Å². The second-order valence-corrected chi connectivity index (χ2v) is 5.57. The molecule has 6 heteroatoms. The van der Waals surface area contributed by atoms with Gasteiger partial charge in [0.1, 0.15) is 5.02 Å². The largest absolute Gasteiger partial charge is 0.388 e. The van der Waals surface area contributed by atoms with Gasteiger partial charge in [-0.05, 0) is 31.6 Å². The van der Waals surface area contributed by atoms with Crippen LogP contribution in [0.2, 0.25) is 5.02 Å². The summed E-state index contributed by atoms with van der Waals surface area (Å²) < 4.78 is 0. The van der Waals surface area contributed by atoms with Crippen molar-refractivity contribution >= 4 is 17.3 Å². The fourth-order valence-corrected chi connectivity index (χ4v) is 2.40. The van der Waals surface area contributed by atoms with Gasteiger partial charge < -0.3 is 10.4 Å². The molecule has 1 saturated carbocycles. The molecule has 2 rings (SSSR count). The van der Waals surface area contributed by atoms with Crippen molar-refractivity contribution in [1.82, 2.24) is 10.2 Å². The van der Waals surface area contributed by atoms with Gasteiger partial charge in [0.15, 0.2) is 0 Å². The van der Waals surface area contributed by atoms with E-state index in [1.165, 1.54) is 6.20 Å². The number of nitrogens with one attached hydrogen (secondary N) is 2. The topological polar surface area (TPSA) is 78.0 Å². The number of hydrogen-bond donors (Lipinski definition) is 3. The predicted molar refractivity (Wildman–Crippen MR) is 70.9 cm³/mol. The van der Waals surface area contributed by atoms with Crippen molar-refractivity contribution in [2.45, 2.75) is 38.2 Å². The van der Waals surface area contributed by atoms with Crippen molar-refractivity contribution in [2.24, 2.45) is 5.92 Å². The molecule has 0 aromatic carbocycles. The molecule has 0 unspecified atom stereocenters. The second-order valence-electron chi connectivity index (χ2n) is 5.19. The third-order valence-corrected chi connectivity index (χ3v) is 3.98. The lowest BCUT2D eigenvalue weighted by Crippen LogP contribution is -2.40. The number of hydrogen-bond acceptors (Lipinski definition) is 4. The Hall–Kier alpha value is -1.07. The lowest BCUT2D eigenvalue weighted by Gasteiger charge is -2.35. The fraction of sp³-hybridized carbons (Fsp3) is 0.667. The molecule has 1 aromatic heterocycles. The number of aromatic nitrogens is 2. The molecule has 0 atom stereocenters. The van der Waals surface area contributed by atoms with Gasteiger partial charge in [0.25, 0.3) is 5.56 Å². The molecule has 1 aliphatic carbocycles. The van der Waals surface area contributed by atoms with Gasteiger partial charge in [0, 0.05) is 6.54 Å². The number of aromatic amines is 1. The molecule has 18 heavy (non-hydrogen) atoms. The maximum absolute atomic E-state index is 11.3. The van der Waals surface area contributed by atoms with Crippen LogP contribution in [0.15, 0.2) is 11.0 Å². The molecule has 1 fully saturated rings. The van der Waals surface area contributed by atoms with Gasteiger partial charge >= 0.3 is 0 Å². The van der Waals surface area contributed by atoms with E-state index in [1.807, 2.05) is 0 Å². The first-order chi connectivity index (χ1) is 8.50. The average Bonchev–Trinajstić information content (AvgIpc) is 2.35. The van der Waals surface area contributed by atoms with Crippen LogP contribution >= 0.6 is 11.6 Å². The Bertz CT molecular complexity index is 467. The second kappa shape index (κ2) is 5.28. The quantitative estimate of drug-likeness (QED) is 0.783. The first kappa shape index (κ1) is 13.4. The molecule has 100 valence electrons. The highest BCUT2D eigenvalue weighted by molar-refractivity contribution is 6.32. The van der Waals surface area contributed by atoms with E-state index in [4.69, 9.17) is 11.6 Å². The first-order valence-corrected chi connectivity index (χ1v) is 6.57. The van der Waals surface area contributed by atoms with Crippen LogP contribution in [0.4, 0.5) is 5.69 Å². The Morgan fingerprint density at radius 2 is 2.28 bits per heavy atom. The molecule has 1 heterocycles. The minimum Gasteiger partial charge on any atom is -0.388 e. The zero-order valence-electron chi connectivity index (χ0n) is 10.4. The van der Waals surface area contributed by atoms with Crippen molar-refractivity contribution in [2.75, 3.05) is 11.9 Å². The zero-order valence-corrected chi connectivity index (χ0v) is 11.1. The molecule has 5 nitrogen and oxygen atoms in total. The van der Waals surface area contributed by atoms with Gasteiger partial charge in [-0.1, -0.05) is 18.5 Å². The molecule has 1 aromatic rings. The Morgan fingerprint density at radius 3 is 2.94 bits per heavy atom. The summed E-state index contributed by atoms with van der Waals surface area (Å²) in [4.78, 5) is 11.3. The Labute approximate surface area is 111 Å². The maximum Gasteiger partial charge on any atom is 0.285 e. The van der Waals surface area contributed by atoms with Gasteiger partial charge in [0.05, 0.1) is 17.5 Å². The molecule has 0 spiro atoms. The Balaban J connectivity index is 1.99. The van der Waals surface area contributed by atoms with Crippen LogP contribution in [0.25, 0.3) is 0 Å². The van der Waals surface area contributed by atoms with Crippen molar-refractivity contribution in [3.05, 3.63) is 21.6 Å². The summed E-state index contributed by atoms with van der Waals surface area (Å²) in [6.07, 6.45) is 5.06. The van der Waals surface area contributed by atoms with Crippen LogP contribution < -0.4 is 10.9 Å². The van der Waals surface area contributed by atoms with E-state index < -0.39 is 11.2 Å². The van der Waals surface area contributed by atoms with E-state index >= 15 is 0 Å². The molecular weight excluding hydrogens is 254 g/mol. The summed E-state index contributed by atoms with van der Waals surface area (Å²) in [7, 11) is 0. The first-order valence-electron chi connectivity index (χ1n) is 6.20. The zero-order chi connectivity index (χ0) is 13.2. The monoisotopic (exact) mass is 271 g/mol. The van der Waals surface area contributed by atoms with Crippen molar-refractivity contribution in [3.8, 4) is 0 Å². The highest BCUT2D eigenvalue weighted by Gasteiger charge is 2.31. The minimum atomic E-state index is -0.710. The number of H-pyrrole nitrogens is 1. The standard InChI is InChI=1S/C12H18ClN3O2/c1-8-2-4-12(18,5-3-8)7-14-9-6-15-16-11(17)10(9)13/h6,8,18H,2-5,7H2,1H3,(H2,14,16,17). The highest BCUT2D eigenvalue weighted by Crippen LogP contribution is 2.32. The number of aliphatic hydroxyl groups is 1. The molecule has 0 amide bonds. The molecule has 0 radical (unpaired) electrons. The van der Waals surface area contributed by atoms with Gasteiger partial charge in [-0.25, -0.2) is 5.10 Å². The van der Waals surface area contributed by atoms with Crippen LogP contribution in [0.5, 0.6) is 0 Å². The third kappa shape index (κ3) is 3.03. The molecule has 0 aliphatic heterocycles. The lowest BCUT2D eigenvalue weighted by atomic mass is 9.79. The summed E-state index contributed by atoms with van der Waals surface area (Å²) >= 11 is 5.85. The van der Waals surface area contributed by atoms with Crippen molar-refractivity contribution < 1.29 is 5.11 Å². The molecular formula is C12H18ClN3O2.